The van der Waals surface area contributed by atoms with E-state index in [2.05, 4.69) is 88.5 Å². The average molecular weight is 418 g/mol. The average Bonchev–Trinajstić information content (AvgIpc) is 3.32. The zero-order valence-corrected chi connectivity index (χ0v) is 17.2. The maximum absolute atomic E-state index is 3.62. The van der Waals surface area contributed by atoms with Crippen molar-refractivity contribution in [1.82, 2.24) is 0 Å². The SMILES string of the molecule is Cc1cc2c3c(c1)[C@H]1C=CC[C@H]1[C@H](c1ccc(Br)cc1)N3C[C@H]1CC=C[C@H]21. The Balaban J connectivity index is 1.59. The molecule has 2 aliphatic heterocycles. The highest BCUT2D eigenvalue weighted by Crippen LogP contribution is 2.58. The molecule has 2 aliphatic carbocycles. The third-order valence-corrected chi connectivity index (χ3v) is 7.73. The first-order chi connectivity index (χ1) is 13.2. The third kappa shape index (κ3) is 2.29. The normalized spacial score (nSPS) is 32.4. The molecule has 4 aliphatic rings. The monoisotopic (exact) mass is 417 g/mol. The predicted octanol–water partition coefficient (Wildman–Crippen LogP) is 6.65. The van der Waals surface area contributed by atoms with Crippen molar-refractivity contribution < 1.29 is 0 Å². The van der Waals surface area contributed by atoms with Crippen molar-refractivity contribution in [1.29, 1.82) is 0 Å². The van der Waals surface area contributed by atoms with Gasteiger partial charge in [0, 0.05) is 28.5 Å². The summed E-state index contributed by atoms with van der Waals surface area (Å²) in [6.45, 7) is 3.46. The summed E-state index contributed by atoms with van der Waals surface area (Å²) in [7, 11) is 0. The molecule has 0 amide bonds. The standard InChI is InChI=1S/C25H24BrN/c1-15-12-22-19-5-2-4-17(19)14-27-24(16-8-10-18(26)11-9-16)21-7-3-6-20(21)23(13-15)25(22)27/h2-3,5-6,8-13,17,19-21,24H,4,7,14H2,1H3/t17-,19+,20+,21-,24+/m1/s1. The Hall–Kier alpha value is -1.80. The van der Waals surface area contributed by atoms with Crippen molar-refractivity contribution in [2.45, 2.75) is 37.6 Å². The van der Waals surface area contributed by atoms with Gasteiger partial charge in [-0.25, -0.2) is 0 Å². The van der Waals surface area contributed by atoms with E-state index in [1.54, 1.807) is 16.8 Å². The lowest BCUT2D eigenvalue weighted by Gasteiger charge is -2.51. The van der Waals surface area contributed by atoms with Crippen molar-refractivity contribution in [3.63, 3.8) is 0 Å². The summed E-state index contributed by atoms with van der Waals surface area (Å²) in [6.07, 6.45) is 12.2. The summed E-state index contributed by atoms with van der Waals surface area (Å²) in [5.74, 6) is 2.56. The van der Waals surface area contributed by atoms with E-state index in [0.29, 0.717) is 23.8 Å². The maximum Gasteiger partial charge on any atom is 0.0582 e. The lowest BCUT2D eigenvalue weighted by molar-refractivity contribution is 0.335. The molecule has 27 heavy (non-hydrogen) atoms. The van der Waals surface area contributed by atoms with E-state index in [1.165, 1.54) is 35.0 Å². The molecule has 2 aromatic carbocycles. The first-order valence-electron chi connectivity index (χ1n) is 10.2. The number of hydrogen-bond acceptors (Lipinski definition) is 1. The Morgan fingerprint density at radius 1 is 0.926 bits per heavy atom. The lowest BCUT2D eigenvalue weighted by atomic mass is 9.70. The van der Waals surface area contributed by atoms with E-state index in [1.807, 2.05) is 0 Å². The fourth-order valence-electron chi connectivity index (χ4n) is 6.17. The van der Waals surface area contributed by atoms with Crippen LogP contribution in [0.15, 0.2) is 65.2 Å². The molecule has 0 N–H and O–H groups in total. The Morgan fingerprint density at radius 3 is 2.44 bits per heavy atom. The Labute approximate surface area is 169 Å². The molecule has 0 bridgehead atoms. The number of allylic oxidation sites excluding steroid dienone is 4. The van der Waals surface area contributed by atoms with Crippen LogP contribution in [0.4, 0.5) is 5.69 Å². The van der Waals surface area contributed by atoms with E-state index in [-0.39, 0.29) is 0 Å². The number of nitrogens with zero attached hydrogens (tertiary/aromatic N) is 1. The summed E-state index contributed by atoms with van der Waals surface area (Å²) < 4.78 is 1.17. The van der Waals surface area contributed by atoms with Gasteiger partial charge in [-0.05, 0) is 60.4 Å². The van der Waals surface area contributed by atoms with Crippen molar-refractivity contribution in [2.75, 3.05) is 11.4 Å². The van der Waals surface area contributed by atoms with Gasteiger partial charge in [0.2, 0.25) is 0 Å². The van der Waals surface area contributed by atoms with Gasteiger partial charge in [-0.1, -0.05) is 70.1 Å². The Morgan fingerprint density at radius 2 is 1.63 bits per heavy atom. The molecule has 5 atom stereocenters. The van der Waals surface area contributed by atoms with E-state index < -0.39 is 0 Å². The fourth-order valence-corrected chi connectivity index (χ4v) is 6.44. The minimum atomic E-state index is 0.480. The number of aryl methyl sites for hydroxylation is 1. The molecule has 0 spiro atoms. The molecule has 0 saturated heterocycles. The molecule has 0 fully saturated rings. The number of fused-ring (bicyclic) bond motifs is 4. The lowest BCUT2D eigenvalue weighted by Crippen LogP contribution is -2.46. The van der Waals surface area contributed by atoms with Crippen LogP contribution in [0.2, 0.25) is 0 Å². The fraction of sp³-hybridized carbons (Fsp3) is 0.360. The first-order valence-corrected chi connectivity index (χ1v) is 11.0. The minimum Gasteiger partial charge on any atom is -0.363 e. The van der Waals surface area contributed by atoms with Crippen LogP contribution in [0.1, 0.15) is 53.0 Å². The van der Waals surface area contributed by atoms with Crippen molar-refractivity contribution in [2.24, 2.45) is 11.8 Å². The molecule has 6 rings (SSSR count). The zero-order chi connectivity index (χ0) is 18.1. The number of benzene rings is 2. The molecule has 0 radical (unpaired) electrons. The maximum atomic E-state index is 3.62. The van der Waals surface area contributed by atoms with Gasteiger partial charge in [-0.15, -0.1) is 0 Å². The second-order valence-corrected chi connectivity index (χ2v) is 9.66. The Kier molecular flexibility index (Phi) is 3.50. The van der Waals surface area contributed by atoms with Gasteiger partial charge >= 0.3 is 0 Å². The van der Waals surface area contributed by atoms with Crippen molar-refractivity contribution in [3.05, 3.63) is 87.4 Å². The molecular formula is C25H24BrN. The summed E-state index contributed by atoms with van der Waals surface area (Å²) >= 11 is 3.62. The van der Waals surface area contributed by atoms with Gasteiger partial charge in [0.25, 0.3) is 0 Å². The molecule has 2 heterocycles. The van der Waals surface area contributed by atoms with Crippen molar-refractivity contribution in [3.8, 4) is 0 Å². The predicted molar refractivity (Wildman–Crippen MR) is 115 cm³/mol. The number of halogens is 1. The van der Waals surface area contributed by atoms with Gasteiger partial charge < -0.3 is 4.90 Å². The van der Waals surface area contributed by atoms with Gasteiger partial charge in [-0.2, -0.15) is 0 Å². The highest BCUT2D eigenvalue weighted by atomic mass is 79.9. The number of anilines is 1. The smallest absolute Gasteiger partial charge is 0.0582 e. The van der Waals surface area contributed by atoms with E-state index in [9.17, 15) is 0 Å². The van der Waals surface area contributed by atoms with E-state index in [4.69, 9.17) is 0 Å². The van der Waals surface area contributed by atoms with Crippen LogP contribution in [0, 0.1) is 18.8 Å². The van der Waals surface area contributed by atoms with Crippen LogP contribution in [0.3, 0.4) is 0 Å². The molecule has 1 nitrogen and oxygen atoms in total. The number of rotatable bonds is 1. The van der Waals surface area contributed by atoms with Gasteiger partial charge in [0.15, 0.2) is 0 Å². The van der Waals surface area contributed by atoms with E-state index >= 15 is 0 Å². The van der Waals surface area contributed by atoms with Crippen LogP contribution >= 0.6 is 15.9 Å². The third-order valence-electron chi connectivity index (χ3n) is 7.21. The first kappa shape index (κ1) is 16.2. The zero-order valence-electron chi connectivity index (χ0n) is 15.6. The Bertz CT molecular complexity index is 953. The van der Waals surface area contributed by atoms with Crippen LogP contribution < -0.4 is 4.90 Å². The molecule has 2 heteroatoms. The van der Waals surface area contributed by atoms with Gasteiger partial charge in [0.05, 0.1) is 6.04 Å². The van der Waals surface area contributed by atoms with Gasteiger partial charge in [0.1, 0.15) is 0 Å². The molecular weight excluding hydrogens is 394 g/mol. The van der Waals surface area contributed by atoms with Gasteiger partial charge in [-0.3, -0.25) is 0 Å². The molecule has 2 aromatic rings. The second-order valence-electron chi connectivity index (χ2n) is 8.74. The van der Waals surface area contributed by atoms with Crippen LogP contribution in [-0.4, -0.2) is 6.54 Å². The quantitative estimate of drug-likeness (QED) is 0.469. The molecule has 0 aromatic heterocycles. The number of hydrogen-bond donors (Lipinski definition) is 0. The highest BCUT2D eigenvalue weighted by Gasteiger charge is 2.47. The summed E-state index contributed by atoms with van der Waals surface area (Å²) in [6, 6.07) is 14.5. The van der Waals surface area contributed by atoms with Crippen LogP contribution in [0.25, 0.3) is 0 Å². The summed E-state index contributed by atoms with van der Waals surface area (Å²) in [5.41, 5.74) is 7.60. The van der Waals surface area contributed by atoms with Crippen molar-refractivity contribution >= 4 is 21.6 Å². The summed E-state index contributed by atoms with van der Waals surface area (Å²) in [5, 5.41) is 0. The summed E-state index contributed by atoms with van der Waals surface area (Å²) in [4.78, 5) is 2.79. The van der Waals surface area contributed by atoms with E-state index in [0.717, 1.165) is 5.92 Å². The van der Waals surface area contributed by atoms with Crippen LogP contribution in [0.5, 0.6) is 0 Å². The molecule has 0 unspecified atom stereocenters. The minimum absolute atomic E-state index is 0.480. The largest absolute Gasteiger partial charge is 0.363 e. The molecule has 0 saturated carbocycles. The second kappa shape index (κ2) is 5.85. The molecule has 136 valence electrons. The van der Waals surface area contributed by atoms with Crippen LogP contribution in [-0.2, 0) is 0 Å². The topological polar surface area (TPSA) is 3.24 Å². The highest BCUT2D eigenvalue weighted by molar-refractivity contribution is 9.10.